The van der Waals surface area contributed by atoms with Gasteiger partial charge in [-0.05, 0) is 44.0 Å². The first-order chi connectivity index (χ1) is 19.3. The molecule has 0 aromatic heterocycles. The van der Waals surface area contributed by atoms with E-state index in [2.05, 4.69) is 5.32 Å². The fourth-order valence-corrected chi connectivity index (χ4v) is 4.94. The quantitative estimate of drug-likeness (QED) is 0.205. The Bertz CT molecular complexity index is 1250. The average Bonchev–Trinajstić information content (AvgIpc) is 3.11. The normalized spacial score (nSPS) is 16.7. The zero-order chi connectivity index (χ0) is 28.6. The summed E-state index contributed by atoms with van der Waals surface area (Å²) in [6.45, 7) is 1.55. The minimum absolute atomic E-state index is 0. The number of amides is 3. The molecule has 220 valence electrons. The monoisotopic (exact) mass is 587 g/mol. The second kappa shape index (κ2) is 14.6. The van der Waals surface area contributed by atoms with Crippen LogP contribution in [0.4, 0.5) is 5.69 Å². The third-order valence-corrected chi connectivity index (χ3v) is 6.90. The van der Waals surface area contributed by atoms with Gasteiger partial charge in [-0.15, -0.1) is 12.4 Å². The molecule has 0 unspecified atom stereocenters. The average molecular weight is 588 g/mol. The molecular weight excluding hydrogens is 554 g/mol. The molecule has 0 fully saturated rings. The number of para-hydroxylation sites is 2. The number of imide groups is 1. The second-order valence-electron chi connectivity index (χ2n) is 9.63. The molecule has 2 aliphatic rings. The van der Waals surface area contributed by atoms with Crippen molar-refractivity contribution >= 4 is 47.8 Å². The Hall–Kier alpha value is -3.96. The summed E-state index contributed by atoms with van der Waals surface area (Å²) in [6, 6.07) is 11.7. The first-order valence-electron chi connectivity index (χ1n) is 13.4. The van der Waals surface area contributed by atoms with Crippen molar-refractivity contribution in [3.63, 3.8) is 0 Å². The van der Waals surface area contributed by atoms with E-state index in [1.165, 1.54) is 4.90 Å². The van der Waals surface area contributed by atoms with Gasteiger partial charge in [0.05, 0.1) is 23.4 Å². The molecule has 41 heavy (non-hydrogen) atoms. The molecule has 2 N–H and O–H groups in total. The Balaban J connectivity index is 0.00000462. The van der Waals surface area contributed by atoms with Crippen LogP contribution in [0.3, 0.4) is 0 Å². The molecule has 11 nitrogen and oxygen atoms in total. The molecule has 0 saturated carbocycles. The summed E-state index contributed by atoms with van der Waals surface area (Å²) >= 11 is 0. The van der Waals surface area contributed by atoms with E-state index in [0.717, 1.165) is 17.7 Å². The van der Waals surface area contributed by atoms with Gasteiger partial charge in [-0.25, -0.2) is 0 Å². The number of rotatable bonds is 13. The Labute approximate surface area is 244 Å². The summed E-state index contributed by atoms with van der Waals surface area (Å²) in [5.74, 6) is -2.36. The number of carboxylic acids is 1. The number of halogens is 1. The minimum atomic E-state index is -1.17. The summed E-state index contributed by atoms with van der Waals surface area (Å²) in [5.41, 5.74) is 1.21. The van der Waals surface area contributed by atoms with Crippen LogP contribution in [0.2, 0.25) is 0 Å². The molecular formula is C29H34ClN3O8. The van der Waals surface area contributed by atoms with E-state index < -0.39 is 36.5 Å². The van der Waals surface area contributed by atoms with Crippen molar-refractivity contribution in [3.05, 3.63) is 59.7 Å². The topological polar surface area (TPSA) is 143 Å². The number of anilines is 1. The Morgan fingerprint density at radius 2 is 1.61 bits per heavy atom. The Morgan fingerprint density at radius 1 is 0.976 bits per heavy atom. The number of nitrogens with one attached hydrogen (secondary N) is 1. The Morgan fingerprint density at radius 3 is 2.27 bits per heavy atom. The first kappa shape index (κ1) is 31.6. The number of nitrogens with zero attached hydrogens (tertiary/aromatic N) is 2. The van der Waals surface area contributed by atoms with Gasteiger partial charge in [0.1, 0.15) is 31.0 Å². The number of fused-ring (bicyclic) bond motifs is 2. The fourth-order valence-electron chi connectivity index (χ4n) is 4.94. The van der Waals surface area contributed by atoms with Gasteiger partial charge in [-0.3, -0.25) is 39.1 Å². The van der Waals surface area contributed by atoms with E-state index in [1.807, 2.05) is 0 Å². The van der Waals surface area contributed by atoms with Crippen molar-refractivity contribution in [2.75, 3.05) is 31.2 Å². The third kappa shape index (κ3) is 7.42. The van der Waals surface area contributed by atoms with E-state index >= 15 is 0 Å². The molecule has 2 aromatic carbocycles. The number of carbonyl (C=O) groups is 5. The zero-order valence-electron chi connectivity index (χ0n) is 22.7. The van der Waals surface area contributed by atoms with Crippen LogP contribution in [0, 0.1) is 0 Å². The van der Waals surface area contributed by atoms with E-state index in [4.69, 9.17) is 9.47 Å². The smallest absolute Gasteiger partial charge is 0.323 e. The second-order valence-corrected chi connectivity index (χ2v) is 9.63. The number of aliphatic carboxylic acids is 1. The highest BCUT2D eigenvalue weighted by Gasteiger charge is 2.36. The number of hydrogen-bond donors (Lipinski definition) is 2. The number of carboxylic acid groups (broad SMARTS) is 1. The van der Waals surface area contributed by atoms with Crippen LogP contribution in [0.25, 0.3) is 0 Å². The lowest BCUT2D eigenvalue weighted by molar-refractivity contribution is -0.146. The zero-order valence-corrected chi connectivity index (χ0v) is 23.6. The predicted molar refractivity (Wildman–Crippen MR) is 151 cm³/mol. The van der Waals surface area contributed by atoms with Gasteiger partial charge in [0.2, 0.25) is 5.91 Å². The number of benzene rings is 2. The third-order valence-electron chi connectivity index (χ3n) is 6.90. The van der Waals surface area contributed by atoms with Crippen LogP contribution in [-0.2, 0) is 19.1 Å². The van der Waals surface area contributed by atoms with Gasteiger partial charge in [0, 0.05) is 6.54 Å². The molecule has 0 saturated heterocycles. The number of ether oxygens (including phenoxy) is 2. The molecule has 0 bridgehead atoms. The molecule has 2 heterocycles. The molecule has 3 amide bonds. The molecule has 12 heteroatoms. The summed E-state index contributed by atoms with van der Waals surface area (Å²) in [5, 5.41) is 12.4. The lowest BCUT2D eigenvalue weighted by atomic mass is 10.1. The molecule has 0 radical (unpaired) electrons. The standard InChI is InChI=1S/C29H33N3O8.ClH/c1-2-39-29(38)21(13-5-3-4-10-16-31-26(35)19-11-6-7-12-20(19)27(31)36)30-22-18-40-24-15-9-8-14-23(24)32(28(22)37)17-25(33)34;/h6-9,11-12,14-15,21-22,30H,2-5,10,13,16-18H2,1H3,(H,33,34);1H/t21-,22-;/m0./s1. The van der Waals surface area contributed by atoms with Crippen molar-refractivity contribution in [1.29, 1.82) is 0 Å². The lowest BCUT2D eigenvalue weighted by Gasteiger charge is -2.26. The molecule has 2 aliphatic heterocycles. The number of hydrogen-bond acceptors (Lipinski definition) is 8. The van der Waals surface area contributed by atoms with Crippen LogP contribution >= 0.6 is 12.4 Å². The van der Waals surface area contributed by atoms with E-state index in [0.29, 0.717) is 48.4 Å². The van der Waals surface area contributed by atoms with Crippen LogP contribution in [0.15, 0.2) is 48.5 Å². The van der Waals surface area contributed by atoms with Crippen LogP contribution in [0.1, 0.15) is 59.7 Å². The van der Waals surface area contributed by atoms with E-state index in [1.54, 1.807) is 55.5 Å². The van der Waals surface area contributed by atoms with Gasteiger partial charge in [0.25, 0.3) is 11.8 Å². The SMILES string of the molecule is CCOC(=O)[C@H](CCCCCCN1C(=O)c2ccccc2C1=O)N[C@H]1COc2ccccc2N(CC(=O)O)C1=O.Cl. The Kier molecular flexibility index (Phi) is 11.2. The number of esters is 1. The van der Waals surface area contributed by atoms with Gasteiger partial charge < -0.3 is 14.6 Å². The summed E-state index contributed by atoms with van der Waals surface area (Å²) in [7, 11) is 0. The first-order valence-corrected chi connectivity index (χ1v) is 13.4. The number of carbonyl (C=O) groups excluding carboxylic acids is 4. The molecule has 2 atom stereocenters. The molecule has 0 spiro atoms. The molecule has 0 aliphatic carbocycles. The van der Waals surface area contributed by atoms with Crippen molar-refractivity contribution in [3.8, 4) is 5.75 Å². The van der Waals surface area contributed by atoms with E-state index in [-0.39, 0.29) is 37.4 Å². The van der Waals surface area contributed by atoms with Crippen molar-refractivity contribution < 1.29 is 38.6 Å². The lowest BCUT2D eigenvalue weighted by Crippen LogP contribution is -2.54. The van der Waals surface area contributed by atoms with Gasteiger partial charge in [0.15, 0.2) is 0 Å². The molecule has 2 aromatic rings. The number of unbranched alkanes of at least 4 members (excludes halogenated alkanes) is 3. The van der Waals surface area contributed by atoms with E-state index in [9.17, 15) is 29.1 Å². The highest BCUT2D eigenvalue weighted by atomic mass is 35.5. The van der Waals surface area contributed by atoms with Gasteiger partial charge >= 0.3 is 11.9 Å². The largest absolute Gasteiger partial charge is 0.489 e. The van der Waals surface area contributed by atoms with Crippen molar-refractivity contribution in [2.24, 2.45) is 0 Å². The summed E-state index contributed by atoms with van der Waals surface area (Å²) in [6.07, 6.45) is 3.09. The fraction of sp³-hybridized carbons (Fsp3) is 0.414. The van der Waals surface area contributed by atoms with Gasteiger partial charge in [-0.1, -0.05) is 43.5 Å². The van der Waals surface area contributed by atoms with Gasteiger partial charge in [-0.2, -0.15) is 0 Å². The summed E-state index contributed by atoms with van der Waals surface area (Å²) < 4.78 is 11.0. The maximum Gasteiger partial charge on any atom is 0.323 e. The van der Waals surface area contributed by atoms with Crippen LogP contribution in [-0.4, -0.2) is 78.1 Å². The van der Waals surface area contributed by atoms with Crippen molar-refractivity contribution in [1.82, 2.24) is 10.2 Å². The predicted octanol–water partition coefficient (Wildman–Crippen LogP) is 3.06. The maximum atomic E-state index is 13.3. The maximum absolute atomic E-state index is 13.3. The minimum Gasteiger partial charge on any atom is -0.489 e. The molecule has 4 rings (SSSR count). The highest BCUT2D eigenvalue weighted by Crippen LogP contribution is 2.31. The van der Waals surface area contributed by atoms with Crippen LogP contribution in [0.5, 0.6) is 5.75 Å². The highest BCUT2D eigenvalue weighted by molar-refractivity contribution is 6.21. The van der Waals surface area contributed by atoms with Crippen LogP contribution < -0.4 is 15.0 Å². The summed E-state index contributed by atoms with van der Waals surface area (Å²) in [4.78, 5) is 65.0. The van der Waals surface area contributed by atoms with Crippen molar-refractivity contribution in [2.45, 2.75) is 51.1 Å².